The van der Waals surface area contributed by atoms with E-state index in [-0.39, 0.29) is 5.91 Å². The molecule has 2 aromatic carbocycles. The standard InChI is InChI=1S/C27H34N8O2/c1-28-25-30-26(34-15-13-33(2)14-16-34)32-27(31-25)35-12-6-8-19-17-20(10-11-22(19)35)24(36)29-18-21-7-4-5-9-23(21)37-3/h4-5,7,9-11,17H,6,8,12-16,18H2,1-3H3,(H,29,36)(H,28,30,31,32). The molecule has 0 aliphatic carbocycles. The number of aromatic nitrogens is 3. The maximum absolute atomic E-state index is 13.0. The van der Waals surface area contributed by atoms with Gasteiger partial charge in [-0.1, -0.05) is 18.2 Å². The van der Waals surface area contributed by atoms with Crippen molar-refractivity contribution in [3.8, 4) is 5.75 Å². The van der Waals surface area contributed by atoms with Crippen LogP contribution in [0.2, 0.25) is 0 Å². The molecule has 194 valence electrons. The molecule has 1 aromatic heterocycles. The van der Waals surface area contributed by atoms with Gasteiger partial charge in [-0.25, -0.2) is 0 Å². The Balaban J connectivity index is 1.36. The average molecular weight is 503 g/mol. The smallest absolute Gasteiger partial charge is 0.251 e. The van der Waals surface area contributed by atoms with Crippen molar-refractivity contribution in [3.63, 3.8) is 0 Å². The molecule has 10 heteroatoms. The lowest BCUT2D eigenvalue weighted by molar-refractivity contribution is 0.0950. The number of methoxy groups -OCH3 is 1. The van der Waals surface area contributed by atoms with Gasteiger partial charge in [0.1, 0.15) is 5.75 Å². The number of piperazine rings is 1. The van der Waals surface area contributed by atoms with Gasteiger partial charge in [0.15, 0.2) is 0 Å². The molecule has 0 spiro atoms. The molecule has 10 nitrogen and oxygen atoms in total. The van der Waals surface area contributed by atoms with E-state index in [0.717, 1.165) is 68.1 Å². The quantitative estimate of drug-likeness (QED) is 0.505. The molecule has 1 amide bonds. The Labute approximate surface area is 217 Å². The molecule has 0 saturated carbocycles. The number of likely N-dealkylation sites (N-methyl/N-ethyl adjacent to an activating group) is 1. The Morgan fingerprint density at radius 2 is 1.78 bits per heavy atom. The first-order chi connectivity index (χ1) is 18.1. The van der Waals surface area contributed by atoms with Gasteiger partial charge in [0, 0.05) is 63.1 Å². The van der Waals surface area contributed by atoms with Gasteiger partial charge in [-0.3, -0.25) is 4.79 Å². The number of aryl methyl sites for hydroxylation is 1. The number of hydrogen-bond donors (Lipinski definition) is 2. The third-order valence-corrected chi connectivity index (χ3v) is 6.96. The van der Waals surface area contributed by atoms with Crippen molar-refractivity contribution in [2.45, 2.75) is 19.4 Å². The van der Waals surface area contributed by atoms with Gasteiger partial charge in [0.2, 0.25) is 17.8 Å². The number of para-hydroxylation sites is 1. The zero-order valence-electron chi connectivity index (χ0n) is 21.7. The SMILES string of the molecule is CNc1nc(N2CCN(C)CC2)nc(N2CCCc3cc(C(=O)NCc4ccccc4OC)ccc32)n1. The summed E-state index contributed by atoms with van der Waals surface area (Å²) in [6.45, 7) is 4.93. The maximum atomic E-state index is 13.0. The predicted octanol–water partition coefficient (Wildman–Crippen LogP) is 2.69. The zero-order valence-corrected chi connectivity index (χ0v) is 21.7. The van der Waals surface area contributed by atoms with Crippen molar-refractivity contribution in [1.82, 2.24) is 25.2 Å². The second-order valence-electron chi connectivity index (χ2n) is 9.39. The molecular formula is C27H34N8O2. The fourth-order valence-corrected chi connectivity index (χ4v) is 4.81. The minimum Gasteiger partial charge on any atom is -0.496 e. The van der Waals surface area contributed by atoms with Crippen LogP contribution >= 0.6 is 0 Å². The summed E-state index contributed by atoms with van der Waals surface area (Å²) >= 11 is 0. The summed E-state index contributed by atoms with van der Waals surface area (Å²) in [7, 11) is 5.59. The summed E-state index contributed by atoms with van der Waals surface area (Å²) in [6.07, 6.45) is 1.85. The van der Waals surface area contributed by atoms with Gasteiger partial charge in [0.05, 0.1) is 7.11 Å². The second-order valence-corrected chi connectivity index (χ2v) is 9.39. The summed E-state index contributed by atoms with van der Waals surface area (Å²) in [6, 6.07) is 13.6. The summed E-state index contributed by atoms with van der Waals surface area (Å²) in [5, 5.41) is 6.11. The van der Waals surface area contributed by atoms with Gasteiger partial charge < -0.3 is 30.1 Å². The third kappa shape index (κ3) is 5.43. The van der Waals surface area contributed by atoms with Crippen LogP contribution in [-0.4, -0.2) is 79.7 Å². The van der Waals surface area contributed by atoms with Crippen LogP contribution in [0.3, 0.4) is 0 Å². The molecule has 1 saturated heterocycles. The number of carbonyl (C=O) groups is 1. The van der Waals surface area contributed by atoms with Crippen LogP contribution in [-0.2, 0) is 13.0 Å². The lowest BCUT2D eigenvalue weighted by Gasteiger charge is -2.34. The van der Waals surface area contributed by atoms with Crippen LogP contribution in [0.25, 0.3) is 0 Å². The van der Waals surface area contributed by atoms with E-state index in [1.165, 1.54) is 0 Å². The van der Waals surface area contributed by atoms with Crippen LogP contribution in [0, 0.1) is 0 Å². The van der Waals surface area contributed by atoms with E-state index in [0.29, 0.717) is 30.0 Å². The van der Waals surface area contributed by atoms with Gasteiger partial charge in [-0.2, -0.15) is 15.0 Å². The van der Waals surface area contributed by atoms with E-state index >= 15 is 0 Å². The Hall–Kier alpha value is -3.92. The third-order valence-electron chi connectivity index (χ3n) is 6.96. The Bertz CT molecular complexity index is 1260. The molecular weight excluding hydrogens is 468 g/mol. The average Bonchev–Trinajstić information content (AvgIpc) is 2.95. The number of carbonyl (C=O) groups excluding carboxylic acids is 1. The van der Waals surface area contributed by atoms with Crippen molar-refractivity contribution in [1.29, 1.82) is 0 Å². The van der Waals surface area contributed by atoms with E-state index in [1.807, 2.05) is 49.5 Å². The fourth-order valence-electron chi connectivity index (χ4n) is 4.81. The molecule has 2 aliphatic rings. The summed E-state index contributed by atoms with van der Waals surface area (Å²) in [5.74, 6) is 2.53. The van der Waals surface area contributed by atoms with Crippen molar-refractivity contribution in [3.05, 3.63) is 59.2 Å². The van der Waals surface area contributed by atoms with Gasteiger partial charge in [-0.05, 0) is 49.7 Å². The summed E-state index contributed by atoms with van der Waals surface area (Å²) < 4.78 is 5.40. The molecule has 0 bridgehead atoms. The lowest BCUT2D eigenvalue weighted by atomic mass is 9.99. The molecule has 0 radical (unpaired) electrons. The molecule has 0 unspecified atom stereocenters. The molecule has 0 atom stereocenters. The highest BCUT2D eigenvalue weighted by Gasteiger charge is 2.25. The molecule has 5 rings (SSSR count). The van der Waals surface area contributed by atoms with Gasteiger partial charge in [0.25, 0.3) is 5.91 Å². The maximum Gasteiger partial charge on any atom is 0.251 e. The van der Waals surface area contributed by atoms with E-state index in [9.17, 15) is 4.79 Å². The van der Waals surface area contributed by atoms with E-state index in [4.69, 9.17) is 9.72 Å². The Morgan fingerprint density at radius 3 is 2.57 bits per heavy atom. The molecule has 3 heterocycles. The number of hydrogen-bond acceptors (Lipinski definition) is 9. The molecule has 2 aliphatic heterocycles. The number of benzene rings is 2. The van der Waals surface area contributed by atoms with Crippen LogP contribution < -0.4 is 25.2 Å². The molecule has 3 aromatic rings. The van der Waals surface area contributed by atoms with Crippen molar-refractivity contribution < 1.29 is 9.53 Å². The molecule has 2 N–H and O–H groups in total. The largest absolute Gasteiger partial charge is 0.496 e. The zero-order chi connectivity index (χ0) is 25.8. The number of amides is 1. The van der Waals surface area contributed by atoms with Crippen LogP contribution in [0.5, 0.6) is 5.75 Å². The summed E-state index contributed by atoms with van der Waals surface area (Å²) in [5.41, 5.74) is 3.72. The van der Waals surface area contributed by atoms with Crippen LogP contribution in [0.15, 0.2) is 42.5 Å². The highest BCUT2D eigenvalue weighted by atomic mass is 16.5. The molecule has 1 fully saturated rings. The monoisotopic (exact) mass is 502 g/mol. The first kappa shape index (κ1) is 24.8. The van der Waals surface area contributed by atoms with Gasteiger partial charge in [-0.15, -0.1) is 0 Å². The fraction of sp³-hybridized carbons (Fsp3) is 0.407. The van der Waals surface area contributed by atoms with E-state index < -0.39 is 0 Å². The van der Waals surface area contributed by atoms with Crippen molar-refractivity contribution in [2.24, 2.45) is 0 Å². The molecule has 37 heavy (non-hydrogen) atoms. The van der Waals surface area contributed by atoms with Crippen LogP contribution in [0.1, 0.15) is 27.9 Å². The van der Waals surface area contributed by atoms with Crippen molar-refractivity contribution >= 4 is 29.4 Å². The number of nitrogens with one attached hydrogen (secondary N) is 2. The Morgan fingerprint density at radius 1 is 1.00 bits per heavy atom. The normalized spacial score (nSPS) is 15.8. The Kier molecular flexibility index (Phi) is 7.36. The number of ether oxygens (including phenoxy) is 1. The van der Waals surface area contributed by atoms with Crippen LogP contribution in [0.4, 0.5) is 23.5 Å². The summed E-state index contributed by atoms with van der Waals surface area (Å²) in [4.78, 5) is 33.8. The highest BCUT2D eigenvalue weighted by molar-refractivity contribution is 5.95. The first-order valence-electron chi connectivity index (χ1n) is 12.7. The first-order valence-corrected chi connectivity index (χ1v) is 12.7. The topological polar surface area (TPSA) is 98.8 Å². The van der Waals surface area contributed by atoms with E-state index in [1.54, 1.807) is 7.11 Å². The minimum absolute atomic E-state index is 0.110. The predicted molar refractivity (Wildman–Crippen MR) is 145 cm³/mol. The number of rotatable bonds is 7. The lowest BCUT2D eigenvalue weighted by Crippen LogP contribution is -2.45. The second kappa shape index (κ2) is 11.0. The number of fused-ring (bicyclic) bond motifs is 1. The van der Waals surface area contributed by atoms with Gasteiger partial charge >= 0.3 is 0 Å². The van der Waals surface area contributed by atoms with Crippen molar-refractivity contribution in [2.75, 3.05) is 69.0 Å². The minimum atomic E-state index is -0.110. The highest BCUT2D eigenvalue weighted by Crippen LogP contribution is 2.33. The number of nitrogens with zero attached hydrogens (tertiary/aromatic N) is 6. The van der Waals surface area contributed by atoms with E-state index in [2.05, 4.69) is 42.3 Å². The number of anilines is 4.